The molecule has 0 spiro atoms. The quantitative estimate of drug-likeness (QED) is 0.150. The Balaban J connectivity index is 1.05. The lowest BCUT2D eigenvalue weighted by atomic mass is 9.89. The Labute approximate surface area is 322 Å². The molecule has 0 amide bonds. The summed E-state index contributed by atoms with van der Waals surface area (Å²) < 4.78 is 0. The van der Waals surface area contributed by atoms with Crippen molar-refractivity contribution >= 4 is 49.4 Å². The van der Waals surface area contributed by atoms with Gasteiger partial charge in [-0.2, -0.15) is 0 Å². The van der Waals surface area contributed by atoms with E-state index in [9.17, 15) is 0 Å². The van der Waals surface area contributed by atoms with E-state index in [2.05, 4.69) is 229 Å². The number of hydrogen-bond donors (Lipinski definition) is 0. The van der Waals surface area contributed by atoms with Crippen molar-refractivity contribution in [3.8, 4) is 44.5 Å². The molecular weight excluding hydrogens is 663 g/mol. The number of benzene rings is 10. The molecule has 0 fully saturated rings. The Kier molecular flexibility index (Phi) is 8.24. The Hall–Kier alpha value is -7.22. The highest BCUT2D eigenvalue weighted by atomic mass is 15.1. The Morgan fingerprint density at radius 3 is 1.29 bits per heavy atom. The molecule has 0 aliphatic rings. The molecule has 0 radical (unpaired) electrons. The van der Waals surface area contributed by atoms with Crippen LogP contribution in [0.1, 0.15) is 0 Å². The molecule has 0 atom stereocenters. The maximum atomic E-state index is 2.36. The molecule has 10 aromatic rings. The van der Waals surface area contributed by atoms with Gasteiger partial charge in [0.2, 0.25) is 0 Å². The molecular formula is C54H37N. The molecule has 0 aliphatic carbocycles. The normalized spacial score (nSPS) is 11.3. The number of fused-ring (bicyclic) bond motifs is 4. The molecule has 10 aromatic carbocycles. The highest BCUT2D eigenvalue weighted by Crippen LogP contribution is 2.42. The average molecular weight is 700 g/mol. The summed E-state index contributed by atoms with van der Waals surface area (Å²) in [6, 6.07) is 81.4. The molecule has 0 saturated carbocycles. The predicted octanol–water partition coefficient (Wildman–Crippen LogP) is 15.3. The van der Waals surface area contributed by atoms with Gasteiger partial charge in [-0.25, -0.2) is 0 Å². The standard InChI is InChI=1S/C54H37N/c1-3-11-38(12-4-1)39-21-29-47(30-22-39)55(48-31-23-40(24-32-48)45-28-35-51-46(37-45)20-19-42-15-7-9-17-50(42)51)49-33-25-44(26-34-49)54-52-18-10-8-16-43(52)27-36-53(54)41-13-5-2-6-14-41/h1-37H. The van der Waals surface area contributed by atoms with Crippen molar-refractivity contribution in [2.24, 2.45) is 0 Å². The third-order valence-electron chi connectivity index (χ3n) is 10.9. The number of anilines is 3. The molecule has 0 unspecified atom stereocenters. The van der Waals surface area contributed by atoms with Gasteiger partial charge in [-0.15, -0.1) is 0 Å². The zero-order valence-corrected chi connectivity index (χ0v) is 30.3. The van der Waals surface area contributed by atoms with Crippen LogP contribution in [0, 0.1) is 0 Å². The van der Waals surface area contributed by atoms with Crippen molar-refractivity contribution in [1.82, 2.24) is 0 Å². The number of nitrogens with zero attached hydrogens (tertiary/aromatic N) is 1. The van der Waals surface area contributed by atoms with E-state index >= 15 is 0 Å². The second kappa shape index (κ2) is 14.0. The van der Waals surface area contributed by atoms with Gasteiger partial charge < -0.3 is 4.90 Å². The Bertz CT molecular complexity index is 2930. The second-order valence-electron chi connectivity index (χ2n) is 14.1. The summed E-state index contributed by atoms with van der Waals surface area (Å²) in [4.78, 5) is 2.36. The first-order valence-corrected chi connectivity index (χ1v) is 18.9. The third kappa shape index (κ3) is 6.12. The van der Waals surface area contributed by atoms with Gasteiger partial charge in [0.25, 0.3) is 0 Å². The van der Waals surface area contributed by atoms with E-state index in [1.54, 1.807) is 0 Å². The first-order chi connectivity index (χ1) is 27.3. The van der Waals surface area contributed by atoms with Crippen molar-refractivity contribution in [3.05, 3.63) is 224 Å². The van der Waals surface area contributed by atoms with Gasteiger partial charge in [0, 0.05) is 17.1 Å². The zero-order chi connectivity index (χ0) is 36.6. The van der Waals surface area contributed by atoms with Gasteiger partial charge in [0.1, 0.15) is 0 Å². The predicted molar refractivity (Wildman–Crippen MR) is 235 cm³/mol. The molecule has 0 aromatic heterocycles. The minimum atomic E-state index is 1.10. The van der Waals surface area contributed by atoms with Crippen LogP contribution in [-0.4, -0.2) is 0 Å². The zero-order valence-electron chi connectivity index (χ0n) is 30.3. The van der Waals surface area contributed by atoms with Crippen LogP contribution in [0.25, 0.3) is 76.8 Å². The largest absolute Gasteiger partial charge is 0.311 e. The Morgan fingerprint density at radius 1 is 0.236 bits per heavy atom. The summed E-state index contributed by atoms with van der Waals surface area (Å²) >= 11 is 0. The van der Waals surface area contributed by atoms with Crippen molar-refractivity contribution in [3.63, 3.8) is 0 Å². The number of hydrogen-bond acceptors (Lipinski definition) is 1. The average Bonchev–Trinajstić information content (AvgIpc) is 3.27. The molecule has 0 N–H and O–H groups in total. The van der Waals surface area contributed by atoms with E-state index in [0.29, 0.717) is 0 Å². The maximum Gasteiger partial charge on any atom is 0.0462 e. The first-order valence-electron chi connectivity index (χ1n) is 18.9. The molecule has 55 heavy (non-hydrogen) atoms. The van der Waals surface area contributed by atoms with Crippen molar-refractivity contribution in [2.45, 2.75) is 0 Å². The van der Waals surface area contributed by atoms with Crippen molar-refractivity contribution in [2.75, 3.05) is 4.90 Å². The van der Waals surface area contributed by atoms with Crippen LogP contribution >= 0.6 is 0 Å². The first kappa shape index (κ1) is 32.4. The van der Waals surface area contributed by atoms with E-state index in [0.717, 1.165) is 17.1 Å². The number of rotatable bonds is 7. The lowest BCUT2D eigenvalue weighted by molar-refractivity contribution is 1.28. The Morgan fingerprint density at radius 2 is 0.655 bits per heavy atom. The van der Waals surface area contributed by atoms with Crippen LogP contribution in [0.4, 0.5) is 17.1 Å². The molecule has 0 heterocycles. The summed E-state index contributed by atoms with van der Waals surface area (Å²) in [5.41, 5.74) is 13.0. The fourth-order valence-electron chi connectivity index (χ4n) is 8.09. The van der Waals surface area contributed by atoms with Crippen LogP contribution in [0.15, 0.2) is 224 Å². The van der Waals surface area contributed by atoms with E-state index in [1.165, 1.54) is 76.8 Å². The summed E-state index contributed by atoms with van der Waals surface area (Å²) in [6.07, 6.45) is 0. The highest BCUT2D eigenvalue weighted by molar-refractivity contribution is 6.08. The van der Waals surface area contributed by atoms with Gasteiger partial charge in [-0.1, -0.05) is 182 Å². The minimum absolute atomic E-state index is 1.10. The molecule has 1 nitrogen and oxygen atoms in total. The van der Waals surface area contributed by atoms with E-state index < -0.39 is 0 Å². The van der Waals surface area contributed by atoms with Gasteiger partial charge >= 0.3 is 0 Å². The lowest BCUT2D eigenvalue weighted by Crippen LogP contribution is -2.09. The van der Waals surface area contributed by atoms with Crippen molar-refractivity contribution in [1.29, 1.82) is 0 Å². The molecule has 0 aliphatic heterocycles. The fraction of sp³-hybridized carbons (Fsp3) is 0. The third-order valence-corrected chi connectivity index (χ3v) is 10.9. The molecule has 0 bridgehead atoms. The van der Waals surface area contributed by atoms with Crippen LogP contribution in [0.2, 0.25) is 0 Å². The molecule has 258 valence electrons. The van der Waals surface area contributed by atoms with Gasteiger partial charge in [-0.3, -0.25) is 0 Å². The maximum absolute atomic E-state index is 2.36. The SMILES string of the molecule is c1ccc(-c2ccc(N(c3ccc(-c4ccc5c(ccc6ccccc65)c4)cc3)c3ccc(-c4c(-c5ccccc5)ccc5ccccc45)cc3)cc2)cc1. The summed E-state index contributed by atoms with van der Waals surface area (Å²) in [5, 5.41) is 7.58. The van der Waals surface area contributed by atoms with Gasteiger partial charge in [0.05, 0.1) is 0 Å². The topological polar surface area (TPSA) is 3.24 Å². The van der Waals surface area contributed by atoms with E-state index in [4.69, 9.17) is 0 Å². The monoisotopic (exact) mass is 699 g/mol. The van der Waals surface area contributed by atoms with Crippen LogP contribution in [0.3, 0.4) is 0 Å². The van der Waals surface area contributed by atoms with Gasteiger partial charge in [0.15, 0.2) is 0 Å². The minimum Gasteiger partial charge on any atom is -0.311 e. The molecule has 1 heteroatoms. The summed E-state index contributed by atoms with van der Waals surface area (Å²) in [6.45, 7) is 0. The lowest BCUT2D eigenvalue weighted by Gasteiger charge is -2.26. The smallest absolute Gasteiger partial charge is 0.0462 e. The molecule has 10 rings (SSSR count). The van der Waals surface area contributed by atoms with Crippen molar-refractivity contribution < 1.29 is 0 Å². The molecule has 0 saturated heterocycles. The van der Waals surface area contributed by atoms with E-state index in [-0.39, 0.29) is 0 Å². The fourth-order valence-corrected chi connectivity index (χ4v) is 8.09. The van der Waals surface area contributed by atoms with Crippen LogP contribution in [0.5, 0.6) is 0 Å². The van der Waals surface area contributed by atoms with E-state index in [1.807, 2.05) is 0 Å². The van der Waals surface area contributed by atoms with Crippen LogP contribution in [-0.2, 0) is 0 Å². The highest BCUT2D eigenvalue weighted by Gasteiger charge is 2.16. The van der Waals surface area contributed by atoms with Crippen LogP contribution < -0.4 is 4.90 Å². The second-order valence-corrected chi connectivity index (χ2v) is 14.1. The van der Waals surface area contributed by atoms with Gasteiger partial charge in [-0.05, 0) is 119 Å². The summed E-state index contributed by atoms with van der Waals surface area (Å²) in [7, 11) is 0. The summed E-state index contributed by atoms with van der Waals surface area (Å²) in [5.74, 6) is 0.